The minimum Gasteiger partial charge on any atom is -0.468 e. The van der Waals surface area contributed by atoms with Gasteiger partial charge in [0.2, 0.25) is 0 Å². The standard InChI is InChI=1S/C10H14N2O/c1-9(10-5-4-8-13-10)12-7-3-2-6-11/h4-5,8-9,12H,2-3,7H2,1H3/t9-/m0/s1. The van der Waals surface area contributed by atoms with Gasteiger partial charge in [0.1, 0.15) is 5.76 Å². The minimum atomic E-state index is 0.230. The van der Waals surface area contributed by atoms with Crippen LogP contribution in [0.25, 0.3) is 0 Å². The number of nitrogens with one attached hydrogen (secondary N) is 1. The molecule has 1 rings (SSSR count). The van der Waals surface area contributed by atoms with Gasteiger partial charge in [-0.05, 0) is 32.0 Å². The molecule has 1 N–H and O–H groups in total. The summed E-state index contributed by atoms with van der Waals surface area (Å²) in [7, 11) is 0. The van der Waals surface area contributed by atoms with E-state index in [-0.39, 0.29) is 6.04 Å². The van der Waals surface area contributed by atoms with Crippen LogP contribution in [0.5, 0.6) is 0 Å². The van der Waals surface area contributed by atoms with Gasteiger partial charge in [-0.3, -0.25) is 0 Å². The summed E-state index contributed by atoms with van der Waals surface area (Å²) in [5, 5.41) is 11.6. The zero-order valence-corrected chi connectivity index (χ0v) is 7.79. The topological polar surface area (TPSA) is 49.0 Å². The van der Waals surface area contributed by atoms with Crippen LogP contribution in [0.2, 0.25) is 0 Å². The molecule has 3 nitrogen and oxygen atoms in total. The average molecular weight is 178 g/mol. The summed E-state index contributed by atoms with van der Waals surface area (Å²) in [6.45, 7) is 2.90. The molecule has 3 heteroatoms. The Hall–Kier alpha value is -1.27. The Bertz CT molecular complexity index is 261. The minimum absolute atomic E-state index is 0.230. The van der Waals surface area contributed by atoms with E-state index in [4.69, 9.17) is 9.68 Å². The Balaban J connectivity index is 2.19. The van der Waals surface area contributed by atoms with E-state index in [0.29, 0.717) is 6.42 Å². The number of nitriles is 1. The van der Waals surface area contributed by atoms with E-state index in [1.807, 2.05) is 19.1 Å². The molecule has 0 aliphatic rings. The molecule has 1 aromatic rings. The molecule has 0 unspecified atom stereocenters. The molecule has 0 aliphatic carbocycles. The second kappa shape index (κ2) is 5.39. The third-order valence-corrected chi connectivity index (χ3v) is 1.89. The van der Waals surface area contributed by atoms with Gasteiger partial charge in [-0.1, -0.05) is 0 Å². The first kappa shape index (κ1) is 9.82. The van der Waals surface area contributed by atoms with E-state index < -0.39 is 0 Å². The molecule has 1 heterocycles. The van der Waals surface area contributed by atoms with Crippen molar-refractivity contribution >= 4 is 0 Å². The maximum absolute atomic E-state index is 8.32. The van der Waals surface area contributed by atoms with E-state index in [1.54, 1.807) is 6.26 Å². The fraction of sp³-hybridized carbons (Fsp3) is 0.500. The highest BCUT2D eigenvalue weighted by molar-refractivity contribution is 5.02. The summed E-state index contributed by atoms with van der Waals surface area (Å²) in [5.41, 5.74) is 0. The number of unbranched alkanes of at least 4 members (excludes halogenated alkanes) is 1. The fourth-order valence-electron chi connectivity index (χ4n) is 1.12. The highest BCUT2D eigenvalue weighted by Gasteiger charge is 2.05. The van der Waals surface area contributed by atoms with Crippen LogP contribution in [0.3, 0.4) is 0 Å². The molecule has 1 atom stereocenters. The molecule has 0 spiro atoms. The van der Waals surface area contributed by atoms with Crippen LogP contribution < -0.4 is 5.32 Å². The molecule has 0 aromatic carbocycles. The summed E-state index contributed by atoms with van der Waals surface area (Å²) < 4.78 is 5.22. The van der Waals surface area contributed by atoms with Crippen LogP contribution >= 0.6 is 0 Å². The van der Waals surface area contributed by atoms with Crippen LogP contribution in [0.15, 0.2) is 22.8 Å². The van der Waals surface area contributed by atoms with Crippen LogP contribution in [-0.2, 0) is 0 Å². The molecular formula is C10H14N2O. The quantitative estimate of drug-likeness (QED) is 0.703. The van der Waals surface area contributed by atoms with E-state index in [2.05, 4.69) is 11.4 Å². The van der Waals surface area contributed by atoms with E-state index in [9.17, 15) is 0 Å². The smallest absolute Gasteiger partial charge is 0.120 e. The molecular weight excluding hydrogens is 164 g/mol. The van der Waals surface area contributed by atoms with Gasteiger partial charge in [-0.2, -0.15) is 5.26 Å². The second-order valence-corrected chi connectivity index (χ2v) is 2.95. The van der Waals surface area contributed by atoms with Crippen molar-refractivity contribution in [1.82, 2.24) is 5.32 Å². The Labute approximate surface area is 78.4 Å². The summed E-state index contributed by atoms with van der Waals surface area (Å²) in [6.07, 6.45) is 3.17. The van der Waals surface area contributed by atoms with Crippen LogP contribution in [0, 0.1) is 11.3 Å². The van der Waals surface area contributed by atoms with Crippen molar-refractivity contribution in [2.24, 2.45) is 0 Å². The highest BCUT2D eigenvalue weighted by Crippen LogP contribution is 2.11. The van der Waals surface area contributed by atoms with Crippen LogP contribution in [-0.4, -0.2) is 6.54 Å². The summed E-state index contributed by atoms with van der Waals surface area (Å²) in [6, 6.07) is 6.17. The lowest BCUT2D eigenvalue weighted by atomic mass is 10.2. The van der Waals surface area contributed by atoms with E-state index >= 15 is 0 Å². The van der Waals surface area contributed by atoms with Crippen molar-refractivity contribution in [2.45, 2.75) is 25.8 Å². The van der Waals surface area contributed by atoms with Crippen molar-refractivity contribution in [2.75, 3.05) is 6.54 Å². The number of nitrogens with zero attached hydrogens (tertiary/aromatic N) is 1. The van der Waals surface area contributed by atoms with Gasteiger partial charge >= 0.3 is 0 Å². The van der Waals surface area contributed by atoms with Gasteiger partial charge in [0.15, 0.2) is 0 Å². The molecule has 13 heavy (non-hydrogen) atoms. The summed E-state index contributed by atoms with van der Waals surface area (Å²) in [5.74, 6) is 0.942. The van der Waals surface area contributed by atoms with Gasteiger partial charge in [0, 0.05) is 6.42 Å². The average Bonchev–Trinajstić information content (AvgIpc) is 2.65. The zero-order valence-electron chi connectivity index (χ0n) is 7.79. The molecule has 0 saturated carbocycles. The first-order valence-electron chi connectivity index (χ1n) is 4.48. The number of furan rings is 1. The largest absolute Gasteiger partial charge is 0.468 e. The molecule has 0 saturated heterocycles. The zero-order chi connectivity index (χ0) is 9.52. The maximum atomic E-state index is 8.32. The van der Waals surface area contributed by atoms with Gasteiger partial charge < -0.3 is 9.73 Å². The van der Waals surface area contributed by atoms with Crippen molar-refractivity contribution in [3.8, 4) is 6.07 Å². The fourth-order valence-corrected chi connectivity index (χ4v) is 1.12. The van der Waals surface area contributed by atoms with Gasteiger partial charge in [0.25, 0.3) is 0 Å². The Morgan fingerprint density at radius 2 is 2.54 bits per heavy atom. The van der Waals surface area contributed by atoms with E-state index in [0.717, 1.165) is 18.7 Å². The number of hydrogen-bond acceptors (Lipinski definition) is 3. The van der Waals surface area contributed by atoms with Crippen LogP contribution in [0.4, 0.5) is 0 Å². The number of rotatable bonds is 5. The van der Waals surface area contributed by atoms with Crippen molar-refractivity contribution in [1.29, 1.82) is 5.26 Å². The number of hydrogen-bond donors (Lipinski definition) is 1. The van der Waals surface area contributed by atoms with Crippen LogP contribution in [0.1, 0.15) is 31.6 Å². The SMILES string of the molecule is C[C@H](NCCCC#N)c1ccco1. The van der Waals surface area contributed by atoms with Gasteiger partial charge in [-0.25, -0.2) is 0 Å². The lowest BCUT2D eigenvalue weighted by Gasteiger charge is -2.09. The third kappa shape index (κ3) is 3.30. The van der Waals surface area contributed by atoms with Crippen molar-refractivity contribution in [3.63, 3.8) is 0 Å². The molecule has 0 bridgehead atoms. The monoisotopic (exact) mass is 178 g/mol. The normalized spacial score (nSPS) is 12.3. The molecule has 0 aliphatic heterocycles. The molecule has 0 radical (unpaired) electrons. The lowest BCUT2D eigenvalue weighted by molar-refractivity contribution is 0.430. The first-order valence-corrected chi connectivity index (χ1v) is 4.48. The molecule has 1 aromatic heterocycles. The Kier molecular flexibility index (Phi) is 4.07. The molecule has 70 valence electrons. The maximum Gasteiger partial charge on any atom is 0.120 e. The third-order valence-electron chi connectivity index (χ3n) is 1.89. The van der Waals surface area contributed by atoms with E-state index in [1.165, 1.54) is 0 Å². The first-order chi connectivity index (χ1) is 6.34. The predicted molar refractivity (Wildman–Crippen MR) is 50.0 cm³/mol. The predicted octanol–water partition coefficient (Wildman–Crippen LogP) is 2.23. The summed E-state index contributed by atoms with van der Waals surface area (Å²) >= 11 is 0. The Morgan fingerprint density at radius 3 is 3.15 bits per heavy atom. The second-order valence-electron chi connectivity index (χ2n) is 2.95. The summed E-state index contributed by atoms with van der Waals surface area (Å²) in [4.78, 5) is 0. The highest BCUT2D eigenvalue weighted by atomic mass is 16.3. The van der Waals surface area contributed by atoms with Crippen molar-refractivity contribution in [3.05, 3.63) is 24.2 Å². The van der Waals surface area contributed by atoms with Crippen molar-refractivity contribution < 1.29 is 4.42 Å². The Morgan fingerprint density at radius 1 is 1.69 bits per heavy atom. The molecule has 0 fully saturated rings. The van der Waals surface area contributed by atoms with Gasteiger partial charge in [0.05, 0.1) is 18.4 Å². The molecule has 0 amide bonds. The van der Waals surface area contributed by atoms with Gasteiger partial charge in [-0.15, -0.1) is 0 Å². The lowest BCUT2D eigenvalue weighted by Crippen LogP contribution is -2.19.